The molecule has 2 aromatic rings. The normalized spacial score (nSPS) is 19.7. The zero-order valence-corrected chi connectivity index (χ0v) is 17.9. The Morgan fingerprint density at radius 2 is 1.61 bits per heavy atom. The molecule has 0 radical (unpaired) electrons. The predicted octanol–water partition coefficient (Wildman–Crippen LogP) is 6.05. The van der Waals surface area contributed by atoms with Crippen molar-refractivity contribution in [1.29, 1.82) is 0 Å². The van der Waals surface area contributed by atoms with Gasteiger partial charge in [-0.15, -0.1) is 0 Å². The molecule has 0 unspecified atom stereocenters. The van der Waals surface area contributed by atoms with Crippen molar-refractivity contribution in [2.24, 2.45) is 0 Å². The lowest BCUT2D eigenvalue weighted by atomic mass is 9.82. The van der Waals surface area contributed by atoms with Crippen LogP contribution < -0.4 is 0 Å². The predicted molar refractivity (Wildman–Crippen MR) is 115 cm³/mol. The average molecular weight is 431 g/mol. The number of ether oxygens (including phenoxy) is 1. The molecule has 1 aliphatic carbocycles. The third-order valence-corrected chi connectivity index (χ3v) is 5.56. The van der Waals surface area contributed by atoms with E-state index in [-0.39, 0.29) is 6.10 Å². The maximum Gasteiger partial charge on any atom is 0.416 e. The van der Waals surface area contributed by atoms with Crippen molar-refractivity contribution < 1.29 is 22.7 Å². The Morgan fingerprint density at radius 1 is 1.00 bits per heavy atom. The minimum atomic E-state index is -4.37. The Hall–Kier alpha value is -2.60. The lowest BCUT2D eigenvalue weighted by Crippen LogP contribution is -2.23. The number of nitrogens with zero attached hydrogens (tertiary/aromatic N) is 1. The summed E-state index contributed by atoms with van der Waals surface area (Å²) >= 11 is 0. The molecule has 166 valence electrons. The maximum atomic E-state index is 12.6. The van der Waals surface area contributed by atoms with E-state index in [1.54, 1.807) is 0 Å². The molecule has 3 rings (SSSR count). The van der Waals surface area contributed by atoms with Crippen LogP contribution in [0.25, 0.3) is 6.08 Å². The second-order valence-electron chi connectivity index (χ2n) is 8.34. The zero-order valence-electron chi connectivity index (χ0n) is 17.9. The number of esters is 1. The number of carbonyl (C=O) groups is 1. The Morgan fingerprint density at radius 3 is 2.16 bits per heavy atom. The van der Waals surface area contributed by atoms with Crippen LogP contribution in [-0.2, 0) is 22.3 Å². The molecule has 0 atom stereocenters. The van der Waals surface area contributed by atoms with Crippen molar-refractivity contribution in [3.63, 3.8) is 0 Å². The summed E-state index contributed by atoms with van der Waals surface area (Å²) in [6.07, 6.45) is 1.82. The van der Waals surface area contributed by atoms with Crippen LogP contribution in [0.2, 0.25) is 0 Å². The lowest BCUT2D eigenvalue weighted by molar-refractivity contribution is -0.144. The van der Waals surface area contributed by atoms with Gasteiger partial charge in [-0.2, -0.15) is 13.2 Å². The van der Waals surface area contributed by atoms with Gasteiger partial charge in [-0.25, -0.2) is 4.79 Å². The van der Waals surface area contributed by atoms with Crippen LogP contribution >= 0.6 is 0 Å². The number of halogens is 3. The molecule has 6 heteroatoms. The van der Waals surface area contributed by atoms with Crippen LogP contribution in [0.15, 0.2) is 54.6 Å². The van der Waals surface area contributed by atoms with E-state index in [2.05, 4.69) is 43.3 Å². The fraction of sp³-hybridized carbons (Fsp3) is 0.400. The molecule has 0 N–H and O–H groups in total. The van der Waals surface area contributed by atoms with Crippen molar-refractivity contribution in [2.75, 3.05) is 14.1 Å². The molecule has 0 heterocycles. The van der Waals surface area contributed by atoms with Crippen LogP contribution in [0.4, 0.5) is 13.2 Å². The highest BCUT2D eigenvalue weighted by Gasteiger charge is 2.29. The second-order valence-corrected chi connectivity index (χ2v) is 8.34. The highest BCUT2D eigenvalue weighted by Crippen LogP contribution is 2.34. The van der Waals surface area contributed by atoms with Gasteiger partial charge in [0.1, 0.15) is 6.10 Å². The molecule has 0 amide bonds. The molecule has 0 aromatic heterocycles. The number of carbonyl (C=O) groups excluding carboxylic acids is 1. The molecule has 0 bridgehead atoms. The van der Waals surface area contributed by atoms with Crippen LogP contribution in [0, 0.1) is 0 Å². The van der Waals surface area contributed by atoms with E-state index in [1.165, 1.54) is 35.4 Å². The molecular weight excluding hydrogens is 403 g/mol. The van der Waals surface area contributed by atoms with Crippen molar-refractivity contribution in [3.05, 3.63) is 76.9 Å². The molecule has 0 spiro atoms. The van der Waals surface area contributed by atoms with E-state index in [0.29, 0.717) is 11.5 Å². The van der Waals surface area contributed by atoms with Gasteiger partial charge in [0.15, 0.2) is 0 Å². The fourth-order valence-corrected chi connectivity index (χ4v) is 3.93. The summed E-state index contributed by atoms with van der Waals surface area (Å²) in [7, 11) is 4.10. The first kappa shape index (κ1) is 23.1. The van der Waals surface area contributed by atoms with Crippen molar-refractivity contribution >= 4 is 12.0 Å². The Bertz CT molecular complexity index is 878. The summed E-state index contributed by atoms with van der Waals surface area (Å²) in [5.41, 5.74) is 2.42. The van der Waals surface area contributed by atoms with Gasteiger partial charge in [0.2, 0.25) is 0 Å². The van der Waals surface area contributed by atoms with E-state index in [4.69, 9.17) is 4.74 Å². The molecule has 0 aliphatic heterocycles. The van der Waals surface area contributed by atoms with E-state index in [9.17, 15) is 18.0 Å². The second kappa shape index (κ2) is 10.1. The summed E-state index contributed by atoms with van der Waals surface area (Å²) in [4.78, 5) is 14.2. The molecule has 0 saturated heterocycles. The SMILES string of the molecule is CN(C)Cc1ccc([C@H]2CC[C@@H](OC(=O)/C=C/c3ccc(C(F)(F)F)cc3)CC2)cc1. The van der Waals surface area contributed by atoms with Crippen LogP contribution in [0.3, 0.4) is 0 Å². The summed E-state index contributed by atoms with van der Waals surface area (Å²) in [6, 6.07) is 13.4. The first-order chi connectivity index (χ1) is 14.7. The van der Waals surface area contributed by atoms with Crippen LogP contribution in [0.5, 0.6) is 0 Å². The van der Waals surface area contributed by atoms with E-state index in [1.807, 2.05) is 0 Å². The van der Waals surface area contributed by atoms with Crippen molar-refractivity contribution in [3.8, 4) is 0 Å². The minimum Gasteiger partial charge on any atom is -0.459 e. The molecule has 2 aromatic carbocycles. The molecule has 3 nitrogen and oxygen atoms in total. The lowest BCUT2D eigenvalue weighted by Gasteiger charge is -2.28. The monoisotopic (exact) mass is 431 g/mol. The quantitative estimate of drug-likeness (QED) is 0.412. The van der Waals surface area contributed by atoms with Crippen molar-refractivity contribution in [1.82, 2.24) is 4.90 Å². The van der Waals surface area contributed by atoms with Gasteiger partial charge in [-0.3, -0.25) is 0 Å². The maximum absolute atomic E-state index is 12.6. The van der Waals surface area contributed by atoms with Gasteiger partial charge in [0.25, 0.3) is 0 Å². The topological polar surface area (TPSA) is 29.5 Å². The van der Waals surface area contributed by atoms with Gasteiger partial charge in [-0.05, 0) is 80.6 Å². The van der Waals surface area contributed by atoms with Gasteiger partial charge in [0, 0.05) is 12.6 Å². The van der Waals surface area contributed by atoms with Gasteiger partial charge >= 0.3 is 12.1 Å². The first-order valence-electron chi connectivity index (χ1n) is 10.5. The summed E-state index contributed by atoms with van der Waals surface area (Å²) in [5.74, 6) is 0.0161. The molecule has 1 aliphatic rings. The standard InChI is InChI=1S/C25H28F3NO2/c1-29(2)17-19-3-8-20(9-4-19)21-10-14-23(15-11-21)31-24(30)16-7-18-5-12-22(13-6-18)25(26,27)28/h3-9,12-13,16,21,23H,10-11,14-15,17H2,1-2H3/b16-7+/t21-,23+. The largest absolute Gasteiger partial charge is 0.459 e. The Kier molecular flexibility index (Phi) is 7.55. The Balaban J connectivity index is 1.46. The summed E-state index contributed by atoms with van der Waals surface area (Å²) in [5, 5.41) is 0. The minimum absolute atomic E-state index is 0.117. The first-order valence-corrected chi connectivity index (χ1v) is 10.5. The Labute approximate surface area is 181 Å². The number of benzene rings is 2. The zero-order chi connectivity index (χ0) is 22.4. The number of hydrogen-bond acceptors (Lipinski definition) is 3. The third-order valence-electron chi connectivity index (χ3n) is 5.56. The van der Waals surface area contributed by atoms with Gasteiger partial charge in [-0.1, -0.05) is 36.4 Å². The van der Waals surface area contributed by atoms with Crippen LogP contribution in [-0.4, -0.2) is 31.1 Å². The average Bonchev–Trinajstić information content (AvgIpc) is 2.73. The van der Waals surface area contributed by atoms with E-state index in [0.717, 1.165) is 44.4 Å². The molecule has 31 heavy (non-hydrogen) atoms. The van der Waals surface area contributed by atoms with E-state index >= 15 is 0 Å². The summed E-state index contributed by atoms with van der Waals surface area (Å²) < 4.78 is 43.3. The molecule has 1 fully saturated rings. The van der Waals surface area contributed by atoms with Gasteiger partial charge < -0.3 is 9.64 Å². The third kappa shape index (κ3) is 6.96. The fourth-order valence-electron chi connectivity index (χ4n) is 3.93. The van der Waals surface area contributed by atoms with Gasteiger partial charge in [0.05, 0.1) is 5.56 Å². The number of hydrogen-bond donors (Lipinski definition) is 0. The highest BCUT2D eigenvalue weighted by atomic mass is 19.4. The molecule has 1 saturated carbocycles. The highest BCUT2D eigenvalue weighted by molar-refractivity contribution is 5.87. The van der Waals surface area contributed by atoms with Crippen LogP contribution in [0.1, 0.15) is 53.9 Å². The van der Waals surface area contributed by atoms with Crippen molar-refractivity contribution in [2.45, 2.75) is 50.4 Å². The number of rotatable bonds is 6. The van der Waals surface area contributed by atoms with E-state index < -0.39 is 17.7 Å². The number of alkyl halides is 3. The summed E-state index contributed by atoms with van der Waals surface area (Å²) in [6.45, 7) is 0.920. The molecular formula is C25H28F3NO2. The smallest absolute Gasteiger partial charge is 0.416 e.